The third-order valence-corrected chi connectivity index (χ3v) is 2.52. The summed E-state index contributed by atoms with van der Waals surface area (Å²) in [6, 6.07) is 0. The van der Waals surface area contributed by atoms with E-state index in [4.69, 9.17) is 5.11 Å². The Kier molecular flexibility index (Phi) is 7.28. The third kappa shape index (κ3) is 6.77. The van der Waals surface area contributed by atoms with Crippen LogP contribution in [0.1, 0.15) is 19.3 Å². The molecule has 0 aliphatic rings. The fourth-order valence-corrected chi connectivity index (χ4v) is 1.38. The van der Waals surface area contributed by atoms with Crippen LogP contribution in [0.3, 0.4) is 0 Å². The molecule has 0 saturated carbocycles. The molecule has 0 aromatic carbocycles. The van der Waals surface area contributed by atoms with Crippen LogP contribution in [0.4, 0.5) is 0 Å². The van der Waals surface area contributed by atoms with E-state index < -0.39 is 5.97 Å². The van der Waals surface area contributed by atoms with Crippen molar-refractivity contribution in [2.45, 2.75) is 19.3 Å². The molecule has 0 unspecified atom stereocenters. The molecule has 4 nitrogen and oxygen atoms in total. The number of rotatable bonds is 7. The van der Waals surface area contributed by atoms with Gasteiger partial charge in [-0.1, -0.05) is 0 Å². The highest BCUT2D eigenvalue weighted by Gasteiger charge is 2.09. The third-order valence-electron chi connectivity index (χ3n) is 1.83. The number of carbonyl (C=O) groups is 2. The molecule has 0 fully saturated rings. The van der Waals surface area contributed by atoms with Gasteiger partial charge in [-0.25, -0.2) is 0 Å². The minimum atomic E-state index is -0.867. The van der Waals surface area contributed by atoms with E-state index in [0.29, 0.717) is 13.0 Å². The molecule has 5 heteroatoms. The lowest BCUT2D eigenvalue weighted by Crippen LogP contribution is -2.28. The molecule has 82 valence electrons. The van der Waals surface area contributed by atoms with Gasteiger partial charge >= 0.3 is 5.97 Å². The average molecular weight is 219 g/mol. The number of nitrogens with zero attached hydrogens (tertiary/aromatic N) is 1. The topological polar surface area (TPSA) is 57.6 Å². The summed E-state index contributed by atoms with van der Waals surface area (Å²) in [7, 11) is 1.64. The Morgan fingerprint density at radius 3 is 2.50 bits per heavy atom. The molecule has 14 heavy (non-hydrogen) atoms. The second-order valence-corrected chi connectivity index (χ2v) is 4.04. The first kappa shape index (κ1) is 13.3. The van der Waals surface area contributed by atoms with Gasteiger partial charge in [0, 0.05) is 20.0 Å². The maximum absolute atomic E-state index is 11.4. The van der Waals surface area contributed by atoms with Crippen molar-refractivity contribution in [2.75, 3.05) is 25.6 Å². The van der Waals surface area contributed by atoms with Gasteiger partial charge < -0.3 is 10.0 Å². The van der Waals surface area contributed by atoms with E-state index in [1.165, 1.54) is 4.90 Å². The van der Waals surface area contributed by atoms with Gasteiger partial charge in [0.2, 0.25) is 5.91 Å². The van der Waals surface area contributed by atoms with Gasteiger partial charge in [0.1, 0.15) is 0 Å². The largest absolute Gasteiger partial charge is 0.481 e. The molecule has 1 amide bonds. The van der Waals surface area contributed by atoms with E-state index in [0.717, 1.165) is 12.2 Å². The summed E-state index contributed by atoms with van der Waals surface area (Å²) in [4.78, 5) is 23.1. The lowest BCUT2D eigenvalue weighted by atomic mass is 10.3. The fraction of sp³-hybridized carbons (Fsp3) is 0.778. The smallest absolute Gasteiger partial charge is 0.305 e. The highest BCUT2D eigenvalue weighted by Crippen LogP contribution is 2.02. The molecule has 0 heterocycles. The number of amides is 1. The zero-order valence-corrected chi connectivity index (χ0v) is 9.47. The van der Waals surface area contributed by atoms with Crippen LogP contribution in [0.15, 0.2) is 0 Å². The lowest BCUT2D eigenvalue weighted by Gasteiger charge is -2.15. The number of carboxylic acids is 1. The number of hydrogen-bond donors (Lipinski definition) is 1. The quantitative estimate of drug-likeness (QED) is 0.651. The number of hydrogen-bond acceptors (Lipinski definition) is 3. The van der Waals surface area contributed by atoms with E-state index in [1.807, 2.05) is 6.26 Å². The van der Waals surface area contributed by atoms with Crippen LogP contribution in [0, 0.1) is 0 Å². The standard InChI is InChI=1S/C9H17NO3S/c1-10(6-5-9(12)13)8(11)4-3-7-14-2/h3-7H2,1-2H3,(H,12,13). The first-order chi connectivity index (χ1) is 6.57. The molecule has 0 saturated heterocycles. The Labute approximate surface area is 88.7 Å². The van der Waals surface area contributed by atoms with Crippen molar-refractivity contribution in [3.63, 3.8) is 0 Å². The molecule has 0 bridgehead atoms. The molecule has 0 rings (SSSR count). The van der Waals surface area contributed by atoms with Crippen LogP contribution in [0.2, 0.25) is 0 Å². The summed E-state index contributed by atoms with van der Waals surface area (Å²) >= 11 is 1.71. The highest BCUT2D eigenvalue weighted by atomic mass is 32.2. The van der Waals surface area contributed by atoms with Gasteiger partial charge in [0.05, 0.1) is 6.42 Å². The van der Waals surface area contributed by atoms with Crippen LogP contribution in [0.25, 0.3) is 0 Å². The van der Waals surface area contributed by atoms with Gasteiger partial charge in [-0.2, -0.15) is 11.8 Å². The maximum Gasteiger partial charge on any atom is 0.305 e. The van der Waals surface area contributed by atoms with Crippen LogP contribution in [-0.2, 0) is 9.59 Å². The number of carboxylic acid groups (broad SMARTS) is 1. The van der Waals surface area contributed by atoms with Crippen molar-refractivity contribution in [1.29, 1.82) is 0 Å². The van der Waals surface area contributed by atoms with Gasteiger partial charge in [-0.15, -0.1) is 0 Å². The Hall–Kier alpha value is -0.710. The lowest BCUT2D eigenvalue weighted by molar-refractivity contribution is -0.138. The normalized spacial score (nSPS) is 9.86. The van der Waals surface area contributed by atoms with E-state index in [1.54, 1.807) is 18.8 Å². The SMILES string of the molecule is CSCCCC(=O)N(C)CCC(=O)O. The minimum Gasteiger partial charge on any atom is -0.481 e. The second kappa shape index (κ2) is 7.67. The zero-order valence-electron chi connectivity index (χ0n) is 8.65. The highest BCUT2D eigenvalue weighted by molar-refractivity contribution is 7.98. The molecule has 0 atom stereocenters. The minimum absolute atomic E-state index is 0.0186. The van der Waals surface area contributed by atoms with Crippen molar-refractivity contribution in [3.05, 3.63) is 0 Å². The second-order valence-electron chi connectivity index (χ2n) is 3.06. The summed E-state index contributed by atoms with van der Waals surface area (Å²) < 4.78 is 0. The van der Waals surface area contributed by atoms with Crippen LogP contribution >= 0.6 is 11.8 Å². The fourth-order valence-electron chi connectivity index (χ4n) is 0.947. The first-order valence-electron chi connectivity index (χ1n) is 4.52. The molecule has 0 aromatic rings. The molecular formula is C9H17NO3S. The van der Waals surface area contributed by atoms with Gasteiger partial charge in [-0.05, 0) is 18.4 Å². The molecule has 0 aromatic heterocycles. The van der Waals surface area contributed by atoms with E-state index in [2.05, 4.69) is 0 Å². The average Bonchev–Trinajstić information content (AvgIpc) is 2.14. The number of carbonyl (C=O) groups excluding carboxylic acids is 1. The first-order valence-corrected chi connectivity index (χ1v) is 5.92. The number of thioether (sulfide) groups is 1. The zero-order chi connectivity index (χ0) is 11.0. The summed E-state index contributed by atoms with van der Waals surface area (Å²) in [6.45, 7) is 0.299. The Bertz CT molecular complexity index is 196. The van der Waals surface area contributed by atoms with Crippen LogP contribution in [-0.4, -0.2) is 47.5 Å². The number of aliphatic carboxylic acids is 1. The van der Waals surface area contributed by atoms with Crippen LogP contribution in [0.5, 0.6) is 0 Å². The molecular weight excluding hydrogens is 202 g/mol. The molecule has 1 N–H and O–H groups in total. The van der Waals surface area contributed by atoms with E-state index >= 15 is 0 Å². The summed E-state index contributed by atoms with van der Waals surface area (Å²) in [5, 5.41) is 8.42. The molecule has 0 spiro atoms. The Balaban J connectivity index is 3.59. The van der Waals surface area contributed by atoms with Crippen molar-refractivity contribution in [2.24, 2.45) is 0 Å². The van der Waals surface area contributed by atoms with E-state index in [-0.39, 0.29) is 12.3 Å². The Morgan fingerprint density at radius 2 is 2.00 bits per heavy atom. The predicted octanol–water partition coefficient (Wildman–Crippen LogP) is 1.06. The van der Waals surface area contributed by atoms with Crippen molar-refractivity contribution in [3.8, 4) is 0 Å². The van der Waals surface area contributed by atoms with E-state index in [9.17, 15) is 9.59 Å². The molecule has 0 aliphatic heterocycles. The van der Waals surface area contributed by atoms with Gasteiger partial charge in [0.25, 0.3) is 0 Å². The van der Waals surface area contributed by atoms with Gasteiger partial charge in [-0.3, -0.25) is 9.59 Å². The Morgan fingerprint density at radius 1 is 1.36 bits per heavy atom. The van der Waals surface area contributed by atoms with Crippen molar-refractivity contribution in [1.82, 2.24) is 4.90 Å². The summed E-state index contributed by atoms with van der Waals surface area (Å²) in [6.07, 6.45) is 3.39. The predicted molar refractivity (Wildman–Crippen MR) is 57.5 cm³/mol. The van der Waals surface area contributed by atoms with Crippen molar-refractivity contribution >= 4 is 23.6 Å². The summed E-state index contributed by atoms with van der Waals surface area (Å²) in [5.74, 6) is 0.132. The summed E-state index contributed by atoms with van der Waals surface area (Å²) in [5.41, 5.74) is 0. The maximum atomic E-state index is 11.4. The van der Waals surface area contributed by atoms with Gasteiger partial charge in [0.15, 0.2) is 0 Å². The molecule has 0 aliphatic carbocycles. The monoisotopic (exact) mass is 219 g/mol. The molecule has 0 radical (unpaired) electrons. The van der Waals surface area contributed by atoms with Crippen molar-refractivity contribution < 1.29 is 14.7 Å². The van der Waals surface area contributed by atoms with Crippen LogP contribution < -0.4 is 0 Å².